The molecule has 0 aliphatic rings. The Morgan fingerprint density at radius 2 is 1.72 bits per heavy atom. The van der Waals surface area contributed by atoms with E-state index in [4.69, 9.17) is 0 Å². The van der Waals surface area contributed by atoms with E-state index in [1.165, 1.54) is 0 Å². The van der Waals surface area contributed by atoms with Crippen molar-refractivity contribution in [1.29, 1.82) is 5.26 Å². The van der Waals surface area contributed by atoms with E-state index >= 15 is 0 Å². The highest BCUT2D eigenvalue weighted by Gasteiger charge is 2.22. The van der Waals surface area contributed by atoms with Crippen molar-refractivity contribution in [2.24, 2.45) is 0 Å². The maximum Gasteiger partial charge on any atom is 0.128 e. The van der Waals surface area contributed by atoms with Crippen molar-refractivity contribution in [2.75, 3.05) is 0 Å². The number of hydrogen-bond acceptors (Lipinski definition) is 1. The molecule has 1 aromatic carbocycles. The molecule has 0 N–H and O–H groups in total. The zero-order chi connectivity index (χ0) is 13.3. The van der Waals surface area contributed by atoms with E-state index in [1.54, 1.807) is 0 Å². The van der Waals surface area contributed by atoms with Crippen LogP contribution in [0, 0.1) is 18.3 Å². The molecule has 0 radical (unpaired) electrons. The summed E-state index contributed by atoms with van der Waals surface area (Å²) in [6, 6.07) is 12.5. The first-order valence-electron chi connectivity index (χ1n) is 6.13. The highest BCUT2D eigenvalue weighted by molar-refractivity contribution is 5.73. The third kappa shape index (κ3) is 2.04. The second kappa shape index (κ2) is 4.34. The zero-order valence-electron chi connectivity index (χ0n) is 11.4. The molecular weight excluding hydrogens is 220 g/mol. The summed E-state index contributed by atoms with van der Waals surface area (Å²) < 4.78 is 2.06. The van der Waals surface area contributed by atoms with Gasteiger partial charge in [-0.3, -0.25) is 0 Å². The Bertz CT molecular complexity index is 593. The number of hydrogen-bond donors (Lipinski definition) is 0. The summed E-state index contributed by atoms with van der Waals surface area (Å²) in [7, 11) is 0. The molecule has 2 heteroatoms. The summed E-state index contributed by atoms with van der Waals surface area (Å²) >= 11 is 0. The molecule has 92 valence electrons. The van der Waals surface area contributed by atoms with Gasteiger partial charge in [-0.15, -0.1) is 0 Å². The van der Waals surface area contributed by atoms with Gasteiger partial charge in [0.15, 0.2) is 0 Å². The lowest BCUT2D eigenvalue weighted by molar-refractivity contribution is 0.395. The minimum atomic E-state index is -0.0805. The van der Waals surface area contributed by atoms with Crippen LogP contribution < -0.4 is 0 Å². The van der Waals surface area contributed by atoms with Crippen LogP contribution in [0.25, 0.3) is 11.1 Å². The van der Waals surface area contributed by atoms with E-state index in [2.05, 4.69) is 56.7 Å². The Kier molecular flexibility index (Phi) is 3.00. The van der Waals surface area contributed by atoms with Crippen molar-refractivity contribution >= 4 is 0 Å². The highest BCUT2D eigenvalue weighted by atomic mass is 15.0. The molecule has 0 aliphatic carbocycles. The summed E-state index contributed by atoms with van der Waals surface area (Å²) in [6.45, 7) is 8.40. The average Bonchev–Trinajstić information content (AvgIpc) is 2.67. The Labute approximate surface area is 108 Å². The van der Waals surface area contributed by atoms with Crippen molar-refractivity contribution in [2.45, 2.75) is 33.2 Å². The summed E-state index contributed by atoms with van der Waals surface area (Å²) in [5, 5.41) is 9.47. The van der Waals surface area contributed by atoms with E-state index in [0.717, 1.165) is 22.4 Å². The summed E-state index contributed by atoms with van der Waals surface area (Å²) in [4.78, 5) is 0. The molecule has 2 nitrogen and oxygen atoms in total. The van der Waals surface area contributed by atoms with Crippen molar-refractivity contribution in [1.82, 2.24) is 4.57 Å². The van der Waals surface area contributed by atoms with Gasteiger partial charge in [0.2, 0.25) is 0 Å². The van der Waals surface area contributed by atoms with Gasteiger partial charge in [-0.25, -0.2) is 0 Å². The van der Waals surface area contributed by atoms with E-state index in [0.29, 0.717) is 0 Å². The number of aromatic nitrogens is 1. The van der Waals surface area contributed by atoms with Crippen LogP contribution in [0.1, 0.15) is 32.0 Å². The third-order valence-corrected chi connectivity index (χ3v) is 3.09. The molecule has 0 aliphatic heterocycles. The van der Waals surface area contributed by atoms with Gasteiger partial charge < -0.3 is 4.57 Å². The lowest BCUT2D eigenvalue weighted by Gasteiger charge is -2.22. The van der Waals surface area contributed by atoms with Crippen molar-refractivity contribution < 1.29 is 0 Å². The van der Waals surface area contributed by atoms with Crippen LogP contribution in [-0.4, -0.2) is 4.57 Å². The van der Waals surface area contributed by atoms with Gasteiger partial charge in [0.25, 0.3) is 0 Å². The quantitative estimate of drug-likeness (QED) is 0.735. The van der Waals surface area contributed by atoms with E-state index in [9.17, 15) is 5.26 Å². The largest absolute Gasteiger partial charge is 0.333 e. The Morgan fingerprint density at radius 1 is 1.11 bits per heavy atom. The average molecular weight is 238 g/mol. The normalized spacial score (nSPS) is 11.3. The van der Waals surface area contributed by atoms with Gasteiger partial charge in [0.1, 0.15) is 11.8 Å². The van der Waals surface area contributed by atoms with Crippen molar-refractivity contribution in [3.8, 4) is 17.2 Å². The Hall–Kier alpha value is -2.01. The second-order valence-corrected chi connectivity index (χ2v) is 5.55. The predicted octanol–water partition coefficient (Wildman–Crippen LogP) is 4.09. The van der Waals surface area contributed by atoms with Gasteiger partial charge in [-0.2, -0.15) is 5.26 Å². The lowest BCUT2D eigenvalue weighted by atomic mass is 10.0. The summed E-state index contributed by atoms with van der Waals surface area (Å²) in [5.74, 6) is 0. The molecule has 2 rings (SSSR count). The van der Waals surface area contributed by atoms with Crippen LogP contribution in [-0.2, 0) is 5.54 Å². The van der Waals surface area contributed by atoms with E-state index in [-0.39, 0.29) is 5.54 Å². The minimum absolute atomic E-state index is 0.0805. The fourth-order valence-electron chi connectivity index (χ4n) is 2.24. The van der Waals surface area contributed by atoms with Crippen LogP contribution in [0.15, 0.2) is 36.5 Å². The Morgan fingerprint density at radius 3 is 2.22 bits per heavy atom. The number of benzene rings is 1. The standard InChI is InChI=1S/C16H18N2/c1-12-11-18(16(2,3)4)14(10-17)15(12)13-8-6-5-7-9-13/h5-9,11H,1-4H3. The first-order chi connectivity index (χ1) is 8.45. The van der Waals surface area contributed by atoms with E-state index in [1.807, 2.05) is 18.2 Å². The SMILES string of the molecule is Cc1cn(C(C)(C)C)c(C#N)c1-c1ccccc1. The highest BCUT2D eigenvalue weighted by Crippen LogP contribution is 2.32. The van der Waals surface area contributed by atoms with Crippen molar-refractivity contribution in [3.05, 3.63) is 47.8 Å². The molecule has 1 aromatic heterocycles. The maximum absolute atomic E-state index is 9.47. The molecule has 0 saturated carbocycles. The van der Waals surface area contributed by atoms with Gasteiger partial charge in [-0.1, -0.05) is 30.3 Å². The van der Waals surface area contributed by atoms with Gasteiger partial charge in [0.05, 0.1) is 0 Å². The van der Waals surface area contributed by atoms with Gasteiger partial charge in [0, 0.05) is 17.3 Å². The number of aryl methyl sites for hydroxylation is 1. The molecular formula is C16H18N2. The third-order valence-electron chi connectivity index (χ3n) is 3.09. The number of rotatable bonds is 1. The molecule has 0 spiro atoms. The first kappa shape index (κ1) is 12.4. The van der Waals surface area contributed by atoms with Gasteiger partial charge >= 0.3 is 0 Å². The molecule has 0 unspecified atom stereocenters. The smallest absolute Gasteiger partial charge is 0.128 e. The monoisotopic (exact) mass is 238 g/mol. The van der Waals surface area contributed by atoms with Crippen LogP contribution in [0.3, 0.4) is 0 Å². The summed E-state index contributed by atoms with van der Waals surface area (Å²) in [6.07, 6.45) is 2.07. The van der Waals surface area contributed by atoms with Crippen molar-refractivity contribution in [3.63, 3.8) is 0 Å². The maximum atomic E-state index is 9.47. The fourth-order valence-corrected chi connectivity index (χ4v) is 2.24. The predicted molar refractivity (Wildman–Crippen MR) is 74.3 cm³/mol. The number of nitriles is 1. The second-order valence-electron chi connectivity index (χ2n) is 5.55. The topological polar surface area (TPSA) is 28.7 Å². The number of nitrogens with zero attached hydrogens (tertiary/aromatic N) is 2. The minimum Gasteiger partial charge on any atom is -0.333 e. The van der Waals surface area contributed by atoms with Crippen LogP contribution >= 0.6 is 0 Å². The molecule has 0 bridgehead atoms. The lowest BCUT2D eigenvalue weighted by Crippen LogP contribution is -2.22. The molecule has 0 fully saturated rings. The Balaban J connectivity index is 2.71. The molecule has 18 heavy (non-hydrogen) atoms. The molecule has 2 aromatic rings. The first-order valence-corrected chi connectivity index (χ1v) is 6.13. The van der Waals surface area contributed by atoms with E-state index < -0.39 is 0 Å². The molecule has 0 saturated heterocycles. The molecule has 0 atom stereocenters. The zero-order valence-corrected chi connectivity index (χ0v) is 11.4. The fraction of sp³-hybridized carbons (Fsp3) is 0.312. The summed E-state index contributed by atoms with van der Waals surface area (Å²) in [5.41, 5.74) is 3.96. The van der Waals surface area contributed by atoms with Gasteiger partial charge in [-0.05, 0) is 38.8 Å². The van der Waals surface area contributed by atoms with Crippen LogP contribution in [0.5, 0.6) is 0 Å². The molecule has 0 amide bonds. The van der Waals surface area contributed by atoms with Crippen LogP contribution in [0.2, 0.25) is 0 Å². The molecule has 1 heterocycles. The van der Waals surface area contributed by atoms with Crippen LogP contribution in [0.4, 0.5) is 0 Å².